The summed E-state index contributed by atoms with van der Waals surface area (Å²) in [6, 6.07) is 6.95. The third kappa shape index (κ3) is 4.52. The first kappa shape index (κ1) is 22.5. The van der Waals surface area contributed by atoms with Crippen LogP contribution in [0.25, 0.3) is 0 Å². The van der Waals surface area contributed by atoms with E-state index >= 15 is 0 Å². The number of aromatic nitrogens is 5. The van der Waals surface area contributed by atoms with Gasteiger partial charge in [-0.1, -0.05) is 11.6 Å². The predicted molar refractivity (Wildman–Crippen MR) is 129 cm³/mol. The lowest BCUT2D eigenvalue weighted by Gasteiger charge is -2.38. The fourth-order valence-electron chi connectivity index (χ4n) is 5.45. The summed E-state index contributed by atoms with van der Waals surface area (Å²) in [5, 5.41) is 8.36. The van der Waals surface area contributed by atoms with Crippen molar-refractivity contribution in [2.75, 3.05) is 36.5 Å². The highest BCUT2D eigenvalue weighted by molar-refractivity contribution is 6.30. The maximum Gasteiger partial charge on any atom is 0.322 e. The van der Waals surface area contributed by atoms with Crippen molar-refractivity contribution < 1.29 is 13.9 Å². The molecule has 0 amide bonds. The number of hydrogen-bond donors (Lipinski definition) is 1. The molecule has 1 aromatic carbocycles. The fourth-order valence-corrected chi connectivity index (χ4v) is 5.62. The third-order valence-electron chi connectivity index (χ3n) is 7.19. The molecule has 3 fully saturated rings. The summed E-state index contributed by atoms with van der Waals surface area (Å²) in [6.45, 7) is 5.06. The Balaban J connectivity index is 1.21. The maximum atomic E-state index is 13.6. The molecule has 3 aromatic rings. The summed E-state index contributed by atoms with van der Waals surface area (Å²) < 4.78 is 26.9. The number of ether oxygens (including phenoxy) is 2. The van der Waals surface area contributed by atoms with Crippen molar-refractivity contribution in [3.05, 3.63) is 47.1 Å². The molecule has 3 aliphatic rings. The smallest absolute Gasteiger partial charge is 0.322 e. The van der Waals surface area contributed by atoms with Crippen LogP contribution in [-0.4, -0.2) is 57.1 Å². The molecule has 4 atom stereocenters. The number of aryl methyl sites for hydroxylation is 1. The van der Waals surface area contributed by atoms with Gasteiger partial charge in [-0.05, 0) is 50.2 Å². The van der Waals surface area contributed by atoms with Crippen LogP contribution in [0.3, 0.4) is 0 Å². The lowest BCUT2D eigenvalue weighted by molar-refractivity contribution is 0.182. The first-order valence-electron chi connectivity index (χ1n) is 12.0. The number of fused-ring (bicyclic) bond motifs is 2. The molecular formula is C24H27ClFN7O2. The molecule has 2 aliphatic heterocycles. The molecule has 4 heterocycles. The summed E-state index contributed by atoms with van der Waals surface area (Å²) in [7, 11) is 0. The van der Waals surface area contributed by atoms with Crippen LogP contribution in [0.2, 0.25) is 5.02 Å². The highest BCUT2D eigenvalue weighted by Gasteiger charge is 2.43. The Morgan fingerprint density at radius 3 is 2.69 bits per heavy atom. The van der Waals surface area contributed by atoms with E-state index in [2.05, 4.69) is 25.2 Å². The Morgan fingerprint density at radius 2 is 1.97 bits per heavy atom. The minimum Gasteiger partial charge on any atom is -0.424 e. The van der Waals surface area contributed by atoms with Crippen molar-refractivity contribution in [1.29, 1.82) is 0 Å². The van der Waals surface area contributed by atoms with E-state index in [0.717, 1.165) is 43.9 Å². The monoisotopic (exact) mass is 499 g/mol. The van der Waals surface area contributed by atoms with Gasteiger partial charge in [-0.15, -0.1) is 5.10 Å². The van der Waals surface area contributed by atoms with Gasteiger partial charge < -0.3 is 19.7 Å². The molecule has 11 heteroatoms. The lowest BCUT2D eigenvalue weighted by Crippen LogP contribution is -2.48. The highest BCUT2D eigenvalue weighted by atomic mass is 35.5. The minimum absolute atomic E-state index is 0.00155. The van der Waals surface area contributed by atoms with Crippen LogP contribution in [-0.2, 0) is 4.74 Å². The average molecular weight is 500 g/mol. The zero-order valence-electron chi connectivity index (χ0n) is 19.4. The van der Waals surface area contributed by atoms with E-state index in [-0.39, 0.29) is 17.1 Å². The van der Waals surface area contributed by atoms with Crippen molar-refractivity contribution in [2.24, 2.45) is 11.8 Å². The van der Waals surface area contributed by atoms with Crippen molar-refractivity contribution in [2.45, 2.75) is 38.3 Å². The van der Waals surface area contributed by atoms with Crippen LogP contribution < -0.4 is 15.0 Å². The normalized spacial score (nSPS) is 25.7. The van der Waals surface area contributed by atoms with Gasteiger partial charge in [-0.25, -0.2) is 19.0 Å². The summed E-state index contributed by atoms with van der Waals surface area (Å²) in [6.07, 6.45) is 4.76. The van der Waals surface area contributed by atoms with E-state index in [1.165, 1.54) is 18.2 Å². The minimum atomic E-state index is -0.494. The first-order valence-corrected chi connectivity index (χ1v) is 12.4. The predicted octanol–water partition coefficient (Wildman–Crippen LogP) is 4.25. The van der Waals surface area contributed by atoms with Crippen LogP contribution in [0.1, 0.15) is 31.0 Å². The number of hydrogen-bond acceptors (Lipinski definition) is 8. The quantitative estimate of drug-likeness (QED) is 0.538. The largest absolute Gasteiger partial charge is 0.424 e. The molecule has 9 nitrogen and oxygen atoms in total. The van der Waals surface area contributed by atoms with Gasteiger partial charge in [-0.2, -0.15) is 4.98 Å². The second kappa shape index (κ2) is 9.23. The average Bonchev–Trinajstić information content (AvgIpc) is 3.55. The molecule has 35 heavy (non-hydrogen) atoms. The van der Waals surface area contributed by atoms with Gasteiger partial charge >= 0.3 is 6.01 Å². The Labute approximate surface area is 207 Å². The van der Waals surface area contributed by atoms with E-state index in [1.807, 2.05) is 13.0 Å². The Bertz CT molecular complexity index is 1200. The molecule has 1 N–H and O–H groups in total. The summed E-state index contributed by atoms with van der Waals surface area (Å²) in [5.74, 6) is 2.37. The number of halogens is 2. The van der Waals surface area contributed by atoms with Crippen molar-refractivity contribution in [1.82, 2.24) is 24.7 Å². The van der Waals surface area contributed by atoms with E-state index in [0.29, 0.717) is 42.8 Å². The van der Waals surface area contributed by atoms with Gasteiger partial charge in [0.1, 0.15) is 23.7 Å². The number of piperidine rings is 1. The van der Waals surface area contributed by atoms with Crippen LogP contribution in [0.15, 0.2) is 30.6 Å². The number of nitrogens with zero attached hydrogens (tertiary/aromatic N) is 6. The topological polar surface area (TPSA) is 90.2 Å². The second-order valence-electron chi connectivity index (χ2n) is 9.55. The van der Waals surface area contributed by atoms with Gasteiger partial charge in [0.15, 0.2) is 0 Å². The van der Waals surface area contributed by atoms with Gasteiger partial charge in [-0.3, -0.25) is 0 Å². The molecule has 2 saturated heterocycles. The summed E-state index contributed by atoms with van der Waals surface area (Å²) in [4.78, 5) is 15.7. The zero-order chi connectivity index (χ0) is 23.9. The molecule has 1 saturated carbocycles. The van der Waals surface area contributed by atoms with Crippen LogP contribution in [0.5, 0.6) is 11.8 Å². The molecule has 6 rings (SSSR count). The number of nitrogens with one attached hydrogen (secondary N) is 1. The number of anilines is 2. The van der Waals surface area contributed by atoms with Crippen molar-refractivity contribution in [3.63, 3.8) is 0 Å². The van der Waals surface area contributed by atoms with Gasteiger partial charge in [0.05, 0.1) is 17.7 Å². The Morgan fingerprint density at radius 1 is 1.14 bits per heavy atom. The SMILES string of the molecule is Cc1cc(N2C[C@H]3CC[C@@H](C2)[C@@H]3Nc2nc(Oc3ccc(F)c(Cl)c3)n(C3CCOC3)n2)ncn1. The molecule has 184 valence electrons. The van der Waals surface area contributed by atoms with Crippen molar-refractivity contribution in [3.8, 4) is 11.8 Å². The van der Waals surface area contributed by atoms with Crippen LogP contribution >= 0.6 is 11.6 Å². The summed E-state index contributed by atoms with van der Waals surface area (Å²) in [5.41, 5.74) is 0.975. The van der Waals surface area contributed by atoms with E-state index < -0.39 is 5.82 Å². The molecule has 2 bridgehead atoms. The zero-order valence-corrected chi connectivity index (χ0v) is 20.2. The Hall–Kier alpha value is -2.98. The van der Waals surface area contributed by atoms with Gasteiger partial charge in [0, 0.05) is 43.6 Å². The molecule has 2 aromatic heterocycles. The van der Waals surface area contributed by atoms with Gasteiger partial charge in [0.25, 0.3) is 0 Å². The number of rotatable bonds is 6. The number of benzene rings is 1. The molecule has 1 unspecified atom stereocenters. The molecular weight excluding hydrogens is 473 g/mol. The maximum absolute atomic E-state index is 13.6. The molecule has 1 aliphatic carbocycles. The highest BCUT2D eigenvalue weighted by Crippen LogP contribution is 2.40. The van der Waals surface area contributed by atoms with E-state index in [4.69, 9.17) is 26.2 Å². The second-order valence-corrected chi connectivity index (χ2v) is 9.96. The fraction of sp³-hybridized carbons (Fsp3) is 0.500. The molecule has 0 spiro atoms. The Kier molecular flexibility index (Phi) is 5.93. The summed E-state index contributed by atoms with van der Waals surface area (Å²) >= 11 is 5.94. The van der Waals surface area contributed by atoms with Crippen molar-refractivity contribution >= 4 is 23.4 Å². The van der Waals surface area contributed by atoms with Gasteiger partial charge in [0.2, 0.25) is 5.95 Å². The van der Waals surface area contributed by atoms with Crippen LogP contribution in [0.4, 0.5) is 16.2 Å². The third-order valence-corrected chi connectivity index (χ3v) is 7.48. The first-order chi connectivity index (χ1) is 17.0. The van der Waals surface area contributed by atoms with Crippen LogP contribution in [0, 0.1) is 24.6 Å². The van der Waals surface area contributed by atoms with E-state index in [1.54, 1.807) is 11.0 Å². The van der Waals surface area contributed by atoms with E-state index in [9.17, 15) is 4.39 Å². The molecule has 0 radical (unpaired) electrons. The standard InChI is InChI=1S/C24H27ClFN7O2/c1-14-8-21(28-13-27-14)32-10-15-2-3-16(11-32)22(15)29-23-30-24(33(31-23)17-6-7-34-12-17)35-18-4-5-20(26)19(25)9-18/h4-5,8-9,13,15-17,22H,2-3,6-7,10-12H2,1H3,(H,29,31)/t15-,16+,17?,22-. The lowest BCUT2D eigenvalue weighted by atomic mass is 9.92.